The summed E-state index contributed by atoms with van der Waals surface area (Å²) in [6, 6.07) is 1.19. The normalized spacial score (nSPS) is 15.1. The molecule has 0 fully saturated rings. The predicted molar refractivity (Wildman–Crippen MR) is 64.7 cm³/mol. The van der Waals surface area contributed by atoms with E-state index in [9.17, 15) is 17.7 Å². The van der Waals surface area contributed by atoms with Crippen LogP contribution in [0.5, 0.6) is 0 Å². The fourth-order valence-electron chi connectivity index (χ4n) is 1.02. The van der Waals surface area contributed by atoms with Crippen molar-refractivity contribution in [3.63, 3.8) is 0 Å². The van der Waals surface area contributed by atoms with E-state index in [1.165, 1.54) is 12.3 Å². The highest BCUT2D eigenvalue weighted by molar-refractivity contribution is 7.91. The molecule has 0 aliphatic rings. The lowest BCUT2D eigenvalue weighted by Gasteiger charge is -2.18. The van der Waals surface area contributed by atoms with Gasteiger partial charge in [-0.1, -0.05) is 4.40 Å². The Bertz CT molecular complexity index is 441. The van der Waals surface area contributed by atoms with Gasteiger partial charge >= 0.3 is 6.18 Å². The third kappa shape index (κ3) is 3.99. The zero-order valence-electron chi connectivity index (χ0n) is 10.2. The maximum absolute atomic E-state index is 12.6. The predicted octanol–water partition coefficient (Wildman–Crippen LogP) is 2.98. The molecule has 1 atom stereocenters. The summed E-state index contributed by atoms with van der Waals surface area (Å²) < 4.78 is 52.6. The number of rotatable bonds is 2. The summed E-state index contributed by atoms with van der Waals surface area (Å²) in [4.78, 5) is 3.43. The first kappa shape index (κ1) is 15.0. The summed E-state index contributed by atoms with van der Waals surface area (Å²) in [6.07, 6.45) is -1.57. The van der Waals surface area contributed by atoms with Crippen molar-refractivity contribution in [3.8, 4) is 0 Å². The molecule has 0 saturated heterocycles. The Morgan fingerprint density at radius 1 is 1.33 bits per heavy atom. The molecule has 18 heavy (non-hydrogen) atoms. The fourth-order valence-corrected chi connectivity index (χ4v) is 1.54. The summed E-state index contributed by atoms with van der Waals surface area (Å²) in [5.74, 6) is 0. The standard InChI is InChI=1S/C11H13F3N2OS/c1-10(2,3)18(17)16-6-8-4-5-15-7-9(8)11(12,13)14/h4-7H,1-3H3/t18-/m0/s1. The third-order valence-corrected chi connectivity index (χ3v) is 3.32. The summed E-state index contributed by atoms with van der Waals surface area (Å²) in [5, 5.41) is 0. The quantitative estimate of drug-likeness (QED) is 0.617. The second-order valence-corrected chi connectivity index (χ2v) is 6.49. The van der Waals surface area contributed by atoms with E-state index in [1.807, 2.05) is 0 Å². The van der Waals surface area contributed by atoms with Gasteiger partial charge in [0.2, 0.25) is 0 Å². The zero-order valence-corrected chi connectivity index (χ0v) is 11.0. The van der Waals surface area contributed by atoms with Crippen LogP contribution in [0.25, 0.3) is 0 Å². The van der Waals surface area contributed by atoms with Crippen LogP contribution in [0, 0.1) is 0 Å². The average molecular weight is 278 g/mol. The van der Waals surface area contributed by atoms with Crippen LogP contribution in [-0.2, 0) is 17.5 Å². The molecule has 3 nitrogen and oxygen atoms in total. The summed E-state index contributed by atoms with van der Waals surface area (Å²) in [7, 11) is 0. The average Bonchev–Trinajstić information content (AvgIpc) is 2.23. The van der Waals surface area contributed by atoms with E-state index in [-0.39, 0.29) is 5.56 Å². The highest BCUT2D eigenvalue weighted by Gasteiger charge is 2.33. The van der Waals surface area contributed by atoms with Gasteiger partial charge in [0.05, 0.1) is 11.8 Å². The zero-order chi connectivity index (χ0) is 14.0. The van der Waals surface area contributed by atoms with Crippen LogP contribution < -0.4 is 0 Å². The van der Waals surface area contributed by atoms with Crippen molar-refractivity contribution in [2.24, 2.45) is 4.40 Å². The Morgan fingerprint density at radius 2 is 1.94 bits per heavy atom. The van der Waals surface area contributed by atoms with Crippen LogP contribution >= 0.6 is 0 Å². The molecule has 0 saturated carbocycles. The first-order valence-electron chi connectivity index (χ1n) is 5.09. The molecule has 0 unspecified atom stereocenters. The Kier molecular flexibility index (Phi) is 4.39. The minimum absolute atomic E-state index is 0.143. The number of aromatic nitrogens is 1. The molecule has 0 bridgehead atoms. The van der Waals surface area contributed by atoms with E-state index in [4.69, 9.17) is 0 Å². The molecule has 1 aromatic rings. The molecule has 1 heterocycles. The van der Waals surface area contributed by atoms with Crippen LogP contribution in [0.15, 0.2) is 22.9 Å². The summed E-state index contributed by atoms with van der Waals surface area (Å²) in [6.45, 7) is 5.08. The second-order valence-electron chi connectivity index (χ2n) is 4.56. The lowest BCUT2D eigenvalue weighted by Crippen LogP contribution is -2.26. The number of pyridine rings is 1. The van der Waals surface area contributed by atoms with Gasteiger partial charge in [0.25, 0.3) is 0 Å². The monoisotopic (exact) mass is 278 g/mol. The number of alkyl halides is 3. The lowest BCUT2D eigenvalue weighted by molar-refractivity contribution is -0.137. The van der Waals surface area contributed by atoms with Gasteiger partial charge in [-0.05, 0) is 26.8 Å². The molecule has 0 amide bonds. The smallest absolute Gasteiger partial charge is 0.418 e. The maximum Gasteiger partial charge on any atom is 0.418 e. The topological polar surface area (TPSA) is 48.3 Å². The van der Waals surface area contributed by atoms with Gasteiger partial charge in [0.15, 0.2) is 0 Å². The Balaban J connectivity index is 3.02. The lowest BCUT2D eigenvalue weighted by atomic mass is 10.1. The van der Waals surface area contributed by atoms with Crippen molar-refractivity contribution in [1.82, 2.24) is 4.98 Å². The van der Waals surface area contributed by atoms with E-state index in [2.05, 4.69) is 9.38 Å². The van der Waals surface area contributed by atoms with Gasteiger partial charge in [0, 0.05) is 18.0 Å². The van der Waals surface area contributed by atoms with E-state index in [0.29, 0.717) is 0 Å². The van der Waals surface area contributed by atoms with E-state index >= 15 is 0 Å². The van der Waals surface area contributed by atoms with Crippen molar-refractivity contribution in [2.75, 3.05) is 0 Å². The van der Waals surface area contributed by atoms with Gasteiger partial charge < -0.3 is 4.55 Å². The maximum atomic E-state index is 12.6. The van der Waals surface area contributed by atoms with Gasteiger partial charge in [-0.2, -0.15) is 13.2 Å². The molecule has 0 aliphatic carbocycles. The van der Waals surface area contributed by atoms with Crippen molar-refractivity contribution in [1.29, 1.82) is 0 Å². The van der Waals surface area contributed by atoms with Crippen LogP contribution in [-0.4, -0.2) is 20.5 Å². The largest absolute Gasteiger partial charge is 0.591 e. The van der Waals surface area contributed by atoms with Gasteiger partial charge in [-0.15, -0.1) is 0 Å². The van der Waals surface area contributed by atoms with Crippen LogP contribution in [0.3, 0.4) is 0 Å². The third-order valence-electron chi connectivity index (χ3n) is 1.97. The summed E-state index contributed by atoms with van der Waals surface area (Å²) in [5.41, 5.74) is -1.03. The molecule has 1 rings (SSSR count). The Hall–Kier alpha value is -1.08. The highest BCUT2D eigenvalue weighted by Crippen LogP contribution is 2.30. The molecule has 100 valence electrons. The van der Waals surface area contributed by atoms with Gasteiger partial charge in [-0.3, -0.25) is 4.98 Å². The van der Waals surface area contributed by atoms with Crippen LogP contribution in [0.4, 0.5) is 13.2 Å². The van der Waals surface area contributed by atoms with Crippen LogP contribution in [0.2, 0.25) is 0 Å². The number of nitrogens with zero attached hydrogens (tertiary/aromatic N) is 2. The number of halogens is 3. The van der Waals surface area contributed by atoms with E-state index in [0.717, 1.165) is 12.4 Å². The van der Waals surface area contributed by atoms with Gasteiger partial charge in [0.1, 0.15) is 16.1 Å². The minimum Gasteiger partial charge on any atom is -0.591 e. The fraction of sp³-hybridized carbons (Fsp3) is 0.455. The first-order valence-corrected chi connectivity index (χ1v) is 6.20. The van der Waals surface area contributed by atoms with Crippen molar-refractivity contribution < 1.29 is 17.7 Å². The number of hydrogen-bond acceptors (Lipinski definition) is 3. The molecule has 0 radical (unpaired) electrons. The molecule has 1 aromatic heterocycles. The second kappa shape index (κ2) is 5.27. The summed E-state index contributed by atoms with van der Waals surface area (Å²) >= 11 is -1.59. The molecule has 0 N–H and O–H groups in total. The van der Waals surface area contributed by atoms with Crippen molar-refractivity contribution in [3.05, 3.63) is 29.6 Å². The molecule has 0 aromatic carbocycles. The molecule has 7 heteroatoms. The van der Waals surface area contributed by atoms with Crippen LogP contribution in [0.1, 0.15) is 31.9 Å². The Morgan fingerprint density at radius 3 is 2.44 bits per heavy atom. The molecule has 0 spiro atoms. The SMILES string of the molecule is CC(C)(C)[S@+]([O-])N=Cc1ccncc1C(F)(F)F. The Labute approximate surface area is 106 Å². The van der Waals surface area contributed by atoms with E-state index < -0.39 is 27.8 Å². The minimum atomic E-state index is -4.50. The number of hydrogen-bond donors (Lipinski definition) is 0. The molecule has 0 aliphatic heterocycles. The first-order chi connectivity index (χ1) is 8.12. The van der Waals surface area contributed by atoms with E-state index in [1.54, 1.807) is 20.8 Å². The van der Waals surface area contributed by atoms with Crippen molar-refractivity contribution in [2.45, 2.75) is 31.7 Å². The van der Waals surface area contributed by atoms with Crippen molar-refractivity contribution >= 4 is 17.6 Å². The molecular formula is C11H13F3N2OS. The highest BCUT2D eigenvalue weighted by atomic mass is 32.2. The molecular weight excluding hydrogens is 265 g/mol. The van der Waals surface area contributed by atoms with Gasteiger partial charge in [-0.25, -0.2) is 0 Å².